The molecule has 0 N–H and O–H groups in total. The Morgan fingerprint density at radius 3 is 0.320 bits per heavy atom. The molecule has 0 spiro atoms. The van der Waals surface area contributed by atoms with Crippen molar-refractivity contribution >= 4 is 100 Å². The molecule has 0 saturated heterocycles. The number of carbonyl (C=O) groups is 6. The fourth-order valence-electron chi connectivity index (χ4n) is 24.9. The lowest BCUT2D eigenvalue weighted by Crippen LogP contribution is -2.18. The second-order valence-electron chi connectivity index (χ2n) is 44.8. The van der Waals surface area contributed by atoms with Crippen molar-refractivity contribution in [1.82, 2.24) is 0 Å². The summed E-state index contributed by atoms with van der Waals surface area (Å²) in [7, 11) is 0. The van der Waals surface area contributed by atoms with Gasteiger partial charge in [0, 0.05) is 43.8 Å². The first-order valence-corrected chi connectivity index (χ1v) is 53.2. The van der Waals surface area contributed by atoms with Gasteiger partial charge in [-0.1, -0.05) is 0 Å². The van der Waals surface area contributed by atoms with Crippen molar-refractivity contribution in [3.8, 4) is 34.5 Å². The van der Waals surface area contributed by atoms with E-state index in [0.29, 0.717) is 67.9 Å². The highest BCUT2D eigenvalue weighted by Gasteiger charge is 2.37. The van der Waals surface area contributed by atoms with Crippen LogP contribution in [0.2, 0.25) is 0 Å². The summed E-state index contributed by atoms with van der Waals surface area (Å²) in [5, 5.41) is 12.1. The zero-order valence-corrected chi connectivity index (χ0v) is 101. The number of rotatable bonds is 12. The summed E-state index contributed by atoms with van der Waals surface area (Å²) in [6.45, 7) is 112. The van der Waals surface area contributed by atoms with Crippen LogP contribution in [0.3, 0.4) is 0 Å². The van der Waals surface area contributed by atoms with E-state index in [4.69, 9.17) is 28.4 Å². The molecule has 0 amide bonds. The number of fused-ring (bicyclic) bond motifs is 8. The molecule has 0 aliphatic carbocycles. The van der Waals surface area contributed by atoms with Crippen LogP contribution in [-0.2, 0) is 0 Å². The van der Waals surface area contributed by atoms with E-state index in [0.717, 1.165) is 321 Å². The van der Waals surface area contributed by atoms with Crippen LogP contribution < -0.4 is 28.4 Å². The van der Waals surface area contributed by atoms with E-state index in [1.54, 1.807) is 0 Å². The topological polar surface area (TPSA) is 158 Å². The van der Waals surface area contributed by atoms with Crippen LogP contribution in [0.25, 0.3) is 64.6 Å². The van der Waals surface area contributed by atoms with Crippen LogP contribution in [0.1, 0.15) is 363 Å². The van der Waals surface area contributed by atoms with Gasteiger partial charge in [0.1, 0.15) is 34.5 Å². The number of benzene rings is 15. The molecule has 0 unspecified atom stereocenters. The predicted molar refractivity (Wildman–Crippen MR) is 629 cm³/mol. The molecule has 0 aromatic heterocycles. The molecule has 0 atom stereocenters. The average molecular weight is 2010 g/mol. The lowest BCUT2D eigenvalue weighted by molar-refractivity contribution is 0.0721. The molecule has 12 heteroatoms. The molecule has 0 heterocycles. The molecule has 0 aliphatic heterocycles. The maximum absolute atomic E-state index is 14.6. The molecule has 0 fully saturated rings. The second kappa shape index (κ2) is 41.1. The maximum atomic E-state index is 14.6. The summed E-state index contributed by atoms with van der Waals surface area (Å²) in [6, 6.07) is 0. The van der Waals surface area contributed by atoms with Crippen molar-refractivity contribution in [3.05, 3.63) is 334 Å². The Morgan fingerprint density at radius 1 is 0.0867 bits per heavy atom. The van der Waals surface area contributed by atoms with E-state index in [-0.39, 0.29) is 35.8 Å². The molecule has 12 nitrogen and oxygen atoms in total. The molecule has 15 aromatic rings. The van der Waals surface area contributed by atoms with Gasteiger partial charge in [-0.15, -0.1) is 0 Å². The Morgan fingerprint density at radius 2 is 0.173 bits per heavy atom. The van der Waals surface area contributed by atoms with E-state index in [2.05, 4.69) is 277 Å². The molecule has 0 bridgehead atoms. The fraction of sp³-hybridized carbons (Fsp3) is 0.391. The first-order chi connectivity index (χ1) is 69.5. The minimum Gasteiger partial charge on any atom is -0.422 e. The molecule has 786 valence electrons. The minimum absolute atomic E-state index is 0.315. The molecular formula is C138H162O12. The summed E-state index contributed by atoms with van der Waals surface area (Å²) < 4.78 is 39.2. The molecule has 150 heavy (non-hydrogen) atoms. The van der Waals surface area contributed by atoms with E-state index >= 15 is 0 Å². The van der Waals surface area contributed by atoms with Crippen LogP contribution in [0, 0.1) is 374 Å². The summed E-state index contributed by atoms with van der Waals surface area (Å²) in [5.41, 5.74) is 60.8. The van der Waals surface area contributed by atoms with Gasteiger partial charge in [0.25, 0.3) is 0 Å². The molecule has 0 aliphatic rings. The first-order valence-electron chi connectivity index (χ1n) is 53.2. The highest BCUT2D eigenvalue weighted by molar-refractivity contribution is 6.22. The average Bonchev–Trinajstić information content (AvgIpc) is 0.611. The predicted octanol–water partition coefficient (Wildman–Crippen LogP) is 35.9. The Hall–Kier alpha value is -13.3. The number of ether oxygens (including phenoxy) is 6. The van der Waals surface area contributed by atoms with Crippen LogP contribution >= 0.6 is 0 Å². The number of hydrogen-bond acceptors (Lipinski definition) is 12. The summed E-state index contributed by atoms with van der Waals surface area (Å²) in [6.07, 6.45) is 0. The third-order valence-corrected chi connectivity index (χ3v) is 38.8. The van der Waals surface area contributed by atoms with Crippen molar-refractivity contribution < 1.29 is 57.2 Å². The third kappa shape index (κ3) is 17.5. The van der Waals surface area contributed by atoms with Crippen molar-refractivity contribution in [3.63, 3.8) is 0 Å². The molecule has 0 saturated carbocycles. The van der Waals surface area contributed by atoms with Gasteiger partial charge in [-0.3, -0.25) is 0 Å². The van der Waals surface area contributed by atoms with Crippen LogP contribution in [0.5, 0.6) is 34.5 Å². The Bertz CT molecular complexity index is 7930. The quantitative estimate of drug-likeness (QED) is 0.0494. The van der Waals surface area contributed by atoms with E-state index in [1.807, 2.05) is 96.9 Å². The van der Waals surface area contributed by atoms with Gasteiger partial charge >= 0.3 is 35.8 Å². The van der Waals surface area contributed by atoms with E-state index in [1.165, 1.54) is 44.5 Å². The van der Waals surface area contributed by atoms with Crippen LogP contribution in [0.4, 0.5) is 0 Å². The summed E-state index contributed by atoms with van der Waals surface area (Å²) >= 11 is 0. The lowest BCUT2D eigenvalue weighted by atomic mass is 9.82. The number of hydrogen-bond donors (Lipinski definition) is 0. The van der Waals surface area contributed by atoms with Gasteiger partial charge in [-0.25, -0.2) is 28.8 Å². The van der Waals surface area contributed by atoms with Crippen molar-refractivity contribution in [2.45, 2.75) is 374 Å². The van der Waals surface area contributed by atoms with Gasteiger partial charge < -0.3 is 28.4 Å². The first kappa shape index (κ1) is 114. The fourth-order valence-corrected chi connectivity index (χ4v) is 24.9. The third-order valence-electron chi connectivity index (χ3n) is 38.8. The monoisotopic (exact) mass is 2010 g/mol. The van der Waals surface area contributed by atoms with Gasteiger partial charge in [0.05, 0.1) is 33.4 Å². The maximum Gasteiger partial charge on any atom is 0.344 e. The van der Waals surface area contributed by atoms with Crippen molar-refractivity contribution in [1.29, 1.82) is 0 Å². The number of esters is 6. The number of aryl methyl sites for hydroxylation is 16. The van der Waals surface area contributed by atoms with E-state index in [9.17, 15) is 28.8 Å². The number of carbonyl (C=O) groups excluding carboxylic acids is 6. The smallest absolute Gasteiger partial charge is 0.344 e. The van der Waals surface area contributed by atoms with Crippen molar-refractivity contribution in [2.75, 3.05) is 0 Å². The Labute approximate surface area is 894 Å². The Kier molecular flexibility index (Phi) is 31.2. The van der Waals surface area contributed by atoms with Gasteiger partial charge in [-0.05, 0) is 695 Å². The second-order valence-corrected chi connectivity index (χ2v) is 44.8. The van der Waals surface area contributed by atoms with Gasteiger partial charge in [0.15, 0.2) is 0 Å². The Balaban J connectivity index is 0.000000187. The van der Waals surface area contributed by atoms with Crippen LogP contribution in [0.15, 0.2) is 0 Å². The zero-order valence-electron chi connectivity index (χ0n) is 101. The van der Waals surface area contributed by atoms with Crippen LogP contribution in [-0.4, -0.2) is 35.8 Å². The molecule has 15 rings (SSSR count). The van der Waals surface area contributed by atoms with E-state index < -0.39 is 0 Å². The van der Waals surface area contributed by atoms with Gasteiger partial charge in [0.2, 0.25) is 0 Å². The van der Waals surface area contributed by atoms with Gasteiger partial charge in [-0.2, -0.15) is 0 Å². The SMILES string of the molecule is Cc1c(C)c(C)c(C(=O)Oc2c(C)c(C)c3c(C)c(C)c4c(C)c(C)c(OC(=O)c5c(C)c(C)c(C)c(C)c5C)c(C)c4c3c2C)c(C)c1C.Cc1c(C)c(C)c(C(=O)Oc2c(C)c(C)c3c(c2C)c(C)c(C)c2c(C)c(OC(=O)c4c(C)c(C)c(C)c(C)c4C)c(C)c(C)c23)c(C)c1C.Cc1c(C)c(C)c(C(=O)Oc2c3c(C)c(C)c(C)c(C)c3c(OC(=O)c3c(C)c(C)c(C)c(C)c3C)c3c(C)c(C)c(C)c(C)c23)c(C)c1C. The van der Waals surface area contributed by atoms with Crippen molar-refractivity contribution in [2.24, 2.45) is 0 Å². The summed E-state index contributed by atoms with van der Waals surface area (Å²) in [4.78, 5) is 85.4. The highest BCUT2D eigenvalue weighted by atomic mass is 16.6. The molecular weight excluding hydrogens is 1850 g/mol. The normalized spacial score (nSPS) is 11.6. The highest BCUT2D eigenvalue weighted by Crippen LogP contribution is 2.55. The summed E-state index contributed by atoms with van der Waals surface area (Å²) in [5.74, 6) is 1.43. The zero-order chi connectivity index (χ0) is 113. The molecule has 0 radical (unpaired) electrons. The minimum atomic E-state index is -0.374. The largest absolute Gasteiger partial charge is 0.422 e. The standard InChI is InChI=1S/3C46H54O4/c1-19-21(3)29(11)37(30(12)22(19)4)45(47)49-43-39-33(15)25(7)27(9)35(17)41(39)44(42-36(18)28(10)26(8)34(16)40(42)43)50-46(48)38-31(13)23(5)20(2)24(6)32(38)14;1-19-21(3)25(7)39(26(8)22(19)4)45(47)49-43-33(15)31(13)41-37(35(43)17)29(11)30(12)38-36(18)44(34(16)32(14)42(38)41)50-46(48)40-27(9)23(5)20(2)24(6)28(40)10;1-19-21(3)25(7)39(26(8)22(19)4)45(47)49-43-33(15)31(13)37-29(11)30(12)38-32(14)34(16)44(36(18)42(38)41(37)35(43)17)50-46(48)40-27(9)23(5)20(2)24(6)28(40)10/h3*1-18H3. The lowest BCUT2D eigenvalue weighted by Gasteiger charge is -2.26. The molecule has 15 aromatic carbocycles.